The van der Waals surface area contributed by atoms with Gasteiger partial charge in [0.1, 0.15) is 6.61 Å². The maximum atomic E-state index is 12.8. The average Bonchev–Trinajstić information content (AvgIpc) is 3.63. The minimum atomic E-state index is -0.863. The number of hydrogen-bond donors (Lipinski definition) is 3. The zero-order valence-corrected chi connectivity index (χ0v) is 20.2. The molecule has 0 aromatic heterocycles. The molecule has 35 heavy (non-hydrogen) atoms. The first kappa shape index (κ1) is 24.8. The van der Waals surface area contributed by atoms with Crippen LogP contribution in [0.2, 0.25) is 0 Å². The number of carbonyl (C=O) groups excluding carboxylic acids is 2. The van der Waals surface area contributed by atoms with E-state index < -0.39 is 12.1 Å². The fourth-order valence-corrected chi connectivity index (χ4v) is 4.89. The number of alkyl carbamates (subject to hydrolysis) is 1. The highest BCUT2D eigenvalue weighted by atomic mass is 16.5. The predicted octanol–water partition coefficient (Wildman–Crippen LogP) is 4.56. The van der Waals surface area contributed by atoms with Crippen molar-refractivity contribution in [1.29, 1.82) is 0 Å². The lowest BCUT2D eigenvalue weighted by atomic mass is 9.98. The van der Waals surface area contributed by atoms with Crippen molar-refractivity contribution in [3.05, 3.63) is 59.7 Å². The molecule has 0 saturated heterocycles. The van der Waals surface area contributed by atoms with Crippen LogP contribution in [0.25, 0.3) is 11.1 Å². The van der Waals surface area contributed by atoms with E-state index in [4.69, 9.17) is 9.84 Å². The van der Waals surface area contributed by atoms with E-state index in [1.807, 2.05) is 31.2 Å². The van der Waals surface area contributed by atoms with Crippen molar-refractivity contribution in [1.82, 2.24) is 10.6 Å². The minimum Gasteiger partial charge on any atom is -0.481 e. The molecule has 7 nitrogen and oxygen atoms in total. The molecular formula is C28H34N2O5. The summed E-state index contributed by atoms with van der Waals surface area (Å²) in [7, 11) is 0. The minimum absolute atomic E-state index is 0.0149. The molecule has 0 radical (unpaired) electrons. The van der Waals surface area contributed by atoms with Gasteiger partial charge in [-0.1, -0.05) is 74.7 Å². The molecular weight excluding hydrogens is 444 g/mol. The molecule has 0 aliphatic heterocycles. The summed E-state index contributed by atoms with van der Waals surface area (Å²) < 4.78 is 5.60. The second kappa shape index (κ2) is 11.4. The predicted molar refractivity (Wildman–Crippen MR) is 133 cm³/mol. The summed E-state index contributed by atoms with van der Waals surface area (Å²) in [6.45, 7) is 2.68. The molecule has 2 aliphatic carbocycles. The number of benzene rings is 2. The number of rotatable bonds is 12. The van der Waals surface area contributed by atoms with Crippen molar-refractivity contribution >= 4 is 18.0 Å². The van der Waals surface area contributed by atoms with Gasteiger partial charge in [-0.05, 0) is 40.5 Å². The van der Waals surface area contributed by atoms with Gasteiger partial charge in [0.15, 0.2) is 0 Å². The van der Waals surface area contributed by atoms with Crippen molar-refractivity contribution in [2.45, 2.75) is 44.9 Å². The molecule has 0 spiro atoms. The molecule has 2 aromatic carbocycles. The van der Waals surface area contributed by atoms with Crippen molar-refractivity contribution in [2.75, 3.05) is 19.7 Å². The van der Waals surface area contributed by atoms with Crippen LogP contribution in [-0.4, -0.2) is 42.8 Å². The lowest BCUT2D eigenvalue weighted by molar-refractivity contribution is -0.138. The summed E-state index contributed by atoms with van der Waals surface area (Å²) in [5, 5.41) is 14.7. The number of carboxylic acid groups (broad SMARTS) is 1. The fraction of sp³-hybridized carbons (Fsp3) is 0.464. The van der Waals surface area contributed by atoms with Crippen LogP contribution in [0.1, 0.15) is 56.1 Å². The van der Waals surface area contributed by atoms with Gasteiger partial charge in [-0.3, -0.25) is 9.59 Å². The molecule has 7 heteroatoms. The Balaban J connectivity index is 1.30. The Hall–Kier alpha value is -3.35. The summed E-state index contributed by atoms with van der Waals surface area (Å²) in [4.78, 5) is 36.4. The third-order valence-electron chi connectivity index (χ3n) is 7.13. The molecule has 1 fully saturated rings. The molecule has 1 saturated carbocycles. The summed E-state index contributed by atoms with van der Waals surface area (Å²) in [6, 6.07) is 16.4. The van der Waals surface area contributed by atoms with Gasteiger partial charge in [-0.25, -0.2) is 4.79 Å². The summed E-state index contributed by atoms with van der Waals surface area (Å²) >= 11 is 0. The number of hydrogen-bond acceptors (Lipinski definition) is 4. The number of carbonyl (C=O) groups is 3. The maximum Gasteiger partial charge on any atom is 0.407 e. The molecule has 0 bridgehead atoms. The van der Waals surface area contributed by atoms with Crippen LogP contribution in [-0.2, 0) is 14.3 Å². The normalized spacial score (nSPS) is 16.0. The molecule has 2 unspecified atom stereocenters. The van der Waals surface area contributed by atoms with Crippen LogP contribution >= 0.6 is 0 Å². The third-order valence-corrected chi connectivity index (χ3v) is 7.13. The van der Waals surface area contributed by atoms with Crippen molar-refractivity contribution < 1.29 is 24.2 Å². The van der Waals surface area contributed by atoms with Gasteiger partial charge in [0.05, 0.1) is 5.92 Å². The average molecular weight is 479 g/mol. The zero-order valence-electron chi connectivity index (χ0n) is 20.2. The van der Waals surface area contributed by atoms with E-state index in [1.54, 1.807) is 0 Å². The van der Waals surface area contributed by atoms with E-state index in [0.717, 1.165) is 24.0 Å². The Bertz CT molecular complexity index is 1020. The van der Waals surface area contributed by atoms with Gasteiger partial charge in [0.25, 0.3) is 0 Å². The third kappa shape index (κ3) is 6.41. The van der Waals surface area contributed by atoms with E-state index in [1.165, 1.54) is 11.1 Å². The highest BCUT2D eigenvalue weighted by Gasteiger charge is 2.31. The fourth-order valence-electron chi connectivity index (χ4n) is 4.89. The summed E-state index contributed by atoms with van der Waals surface area (Å²) in [5.41, 5.74) is 4.65. The Kier molecular flexibility index (Phi) is 8.06. The van der Waals surface area contributed by atoms with Gasteiger partial charge < -0.3 is 20.5 Å². The van der Waals surface area contributed by atoms with Crippen LogP contribution in [0, 0.1) is 17.8 Å². The largest absolute Gasteiger partial charge is 0.481 e. The van der Waals surface area contributed by atoms with E-state index >= 15 is 0 Å². The monoisotopic (exact) mass is 478 g/mol. The number of nitrogens with one attached hydrogen (secondary N) is 2. The van der Waals surface area contributed by atoms with Crippen LogP contribution in [0.15, 0.2) is 48.5 Å². The Morgan fingerprint density at radius 1 is 0.971 bits per heavy atom. The van der Waals surface area contributed by atoms with E-state index in [2.05, 4.69) is 34.9 Å². The SMILES string of the molecule is CCC(CNC(=O)C(CNC(=O)OCC1c2ccccc2-c2ccccc21)CC1CC1)CC(=O)O. The standard InChI is InChI=1S/C28H34N2O5/c1-2-18(14-26(31)32)15-29-27(33)20(13-19-11-12-19)16-30-28(34)35-17-25-23-9-5-3-7-21(23)22-8-4-6-10-24(22)25/h3-10,18-20,25H,2,11-17H2,1H3,(H,29,33)(H,30,34)(H,31,32). The lowest BCUT2D eigenvalue weighted by Crippen LogP contribution is -2.41. The lowest BCUT2D eigenvalue weighted by Gasteiger charge is -2.20. The molecule has 186 valence electrons. The van der Waals surface area contributed by atoms with E-state index in [0.29, 0.717) is 25.3 Å². The van der Waals surface area contributed by atoms with Crippen LogP contribution in [0.3, 0.4) is 0 Å². The van der Waals surface area contributed by atoms with E-state index in [-0.39, 0.29) is 43.2 Å². The first-order valence-electron chi connectivity index (χ1n) is 12.5. The van der Waals surface area contributed by atoms with Crippen LogP contribution in [0.5, 0.6) is 0 Å². The Labute approximate surface area is 206 Å². The van der Waals surface area contributed by atoms with Gasteiger partial charge >= 0.3 is 12.1 Å². The molecule has 2 aromatic rings. The molecule has 4 rings (SSSR count). The quantitative estimate of drug-likeness (QED) is 0.415. The molecule has 0 heterocycles. The van der Waals surface area contributed by atoms with Crippen molar-refractivity contribution in [3.63, 3.8) is 0 Å². The second-order valence-electron chi connectivity index (χ2n) is 9.70. The summed E-state index contributed by atoms with van der Waals surface area (Å²) in [5.74, 6) is -0.967. The van der Waals surface area contributed by atoms with Gasteiger partial charge in [0.2, 0.25) is 5.91 Å². The first-order valence-corrected chi connectivity index (χ1v) is 12.5. The number of fused-ring (bicyclic) bond motifs is 3. The Morgan fingerprint density at radius 3 is 2.17 bits per heavy atom. The smallest absolute Gasteiger partial charge is 0.407 e. The number of aliphatic carboxylic acids is 1. The van der Waals surface area contributed by atoms with Crippen LogP contribution < -0.4 is 10.6 Å². The van der Waals surface area contributed by atoms with E-state index in [9.17, 15) is 14.4 Å². The highest BCUT2D eigenvalue weighted by molar-refractivity contribution is 5.80. The molecule has 2 amide bonds. The highest BCUT2D eigenvalue weighted by Crippen LogP contribution is 2.44. The summed E-state index contributed by atoms with van der Waals surface area (Å²) in [6.07, 6.45) is 3.10. The molecule has 2 aliphatic rings. The van der Waals surface area contributed by atoms with Gasteiger partial charge in [-0.2, -0.15) is 0 Å². The second-order valence-corrected chi connectivity index (χ2v) is 9.70. The molecule has 2 atom stereocenters. The van der Waals surface area contributed by atoms with Gasteiger partial charge in [-0.15, -0.1) is 0 Å². The zero-order chi connectivity index (χ0) is 24.8. The van der Waals surface area contributed by atoms with Crippen LogP contribution in [0.4, 0.5) is 4.79 Å². The molecule has 3 N–H and O–H groups in total. The topological polar surface area (TPSA) is 105 Å². The Morgan fingerprint density at radius 2 is 1.60 bits per heavy atom. The van der Waals surface area contributed by atoms with Gasteiger partial charge in [0, 0.05) is 25.4 Å². The number of ether oxygens (including phenoxy) is 1. The first-order chi connectivity index (χ1) is 17.0. The van der Waals surface area contributed by atoms with Crippen molar-refractivity contribution in [3.8, 4) is 11.1 Å². The number of carboxylic acids is 1. The maximum absolute atomic E-state index is 12.8. The number of amides is 2. The van der Waals surface area contributed by atoms with Crippen molar-refractivity contribution in [2.24, 2.45) is 17.8 Å².